The van der Waals surface area contributed by atoms with Crippen LogP contribution in [0, 0.1) is 0 Å². The number of ether oxygens (including phenoxy) is 10. The van der Waals surface area contributed by atoms with Gasteiger partial charge in [-0.15, -0.1) is 0 Å². The van der Waals surface area contributed by atoms with E-state index in [2.05, 4.69) is 0 Å². The first-order valence-electron chi connectivity index (χ1n) is 13.6. The minimum Gasteiger partial charge on any atom is -0.489 e. The Morgan fingerprint density at radius 2 is 1.03 bits per heavy atom. The summed E-state index contributed by atoms with van der Waals surface area (Å²) in [6.45, 7) is 9.04. The molecule has 0 amide bonds. The van der Waals surface area contributed by atoms with Gasteiger partial charge in [0, 0.05) is 6.61 Å². The Morgan fingerprint density at radius 1 is 0.579 bits per heavy atom. The van der Waals surface area contributed by atoms with Gasteiger partial charge in [0.2, 0.25) is 0 Å². The van der Waals surface area contributed by atoms with Crippen LogP contribution in [0.3, 0.4) is 0 Å². The van der Waals surface area contributed by atoms with E-state index in [4.69, 9.17) is 53.1 Å². The Hall–Kier alpha value is -1.54. The molecule has 1 saturated heterocycles. The maximum atomic E-state index is 5.81. The van der Waals surface area contributed by atoms with Crippen LogP contribution >= 0.6 is 0 Å². The zero-order valence-electron chi connectivity index (χ0n) is 22.7. The van der Waals surface area contributed by atoms with Crippen LogP contribution < -0.4 is 10.5 Å². The normalized spacial score (nSPS) is 15.6. The Balaban J connectivity index is 1.17. The molecule has 11 nitrogen and oxygen atoms in total. The van der Waals surface area contributed by atoms with Crippen LogP contribution in [-0.4, -0.2) is 119 Å². The lowest BCUT2D eigenvalue weighted by atomic mass is 10.2. The summed E-state index contributed by atoms with van der Waals surface area (Å²) in [7, 11) is 0. The third kappa shape index (κ3) is 18.7. The number of nitrogens with two attached hydrogens (primary N) is 1. The maximum Gasteiger partial charge on any atom is 0.157 e. The summed E-state index contributed by atoms with van der Waals surface area (Å²) in [5.41, 5.74) is 6.43. The van der Waals surface area contributed by atoms with Crippen molar-refractivity contribution in [2.75, 3.05) is 118 Å². The average Bonchev–Trinajstić information content (AvgIpc) is 2.94. The molecule has 1 aliphatic rings. The second-order valence-corrected chi connectivity index (χ2v) is 8.34. The number of benzene rings is 1. The van der Waals surface area contributed by atoms with E-state index in [-0.39, 0.29) is 6.29 Å². The molecular weight excluding hydrogens is 498 g/mol. The third-order valence-corrected chi connectivity index (χ3v) is 5.31. The lowest BCUT2D eigenvalue weighted by Gasteiger charge is -2.22. The van der Waals surface area contributed by atoms with Gasteiger partial charge in [-0.2, -0.15) is 0 Å². The van der Waals surface area contributed by atoms with Crippen molar-refractivity contribution in [1.82, 2.24) is 0 Å². The van der Waals surface area contributed by atoms with Gasteiger partial charge in [0.05, 0.1) is 105 Å². The summed E-state index contributed by atoms with van der Waals surface area (Å²) in [5, 5.41) is 0. The lowest BCUT2D eigenvalue weighted by molar-refractivity contribution is -0.169. The van der Waals surface area contributed by atoms with E-state index in [1.807, 2.05) is 18.2 Å². The van der Waals surface area contributed by atoms with Crippen LogP contribution in [0.5, 0.6) is 5.75 Å². The lowest BCUT2D eigenvalue weighted by Crippen LogP contribution is -2.24. The Kier molecular flexibility index (Phi) is 21.1. The standard InChI is InChI=1S/C27H47NO10/c28-25-5-1-2-6-26(25)36-23-21-34-19-17-32-15-13-30-11-9-29-10-12-31-14-16-33-18-20-35-22-24-38-27-7-3-4-8-37-27/h1-2,5-6,27H,3-4,7-24,28H2. The van der Waals surface area contributed by atoms with Crippen molar-refractivity contribution < 1.29 is 47.4 Å². The van der Waals surface area contributed by atoms with Gasteiger partial charge < -0.3 is 53.1 Å². The summed E-state index contributed by atoms with van der Waals surface area (Å²) in [4.78, 5) is 0. The highest BCUT2D eigenvalue weighted by atomic mass is 16.7. The van der Waals surface area contributed by atoms with Crippen LogP contribution in [0.25, 0.3) is 0 Å². The monoisotopic (exact) mass is 545 g/mol. The molecule has 1 unspecified atom stereocenters. The molecule has 1 atom stereocenters. The van der Waals surface area contributed by atoms with Gasteiger partial charge in [-0.1, -0.05) is 12.1 Å². The Morgan fingerprint density at radius 3 is 1.47 bits per heavy atom. The second-order valence-electron chi connectivity index (χ2n) is 8.34. The minimum absolute atomic E-state index is 0.0625. The van der Waals surface area contributed by atoms with Crippen molar-refractivity contribution in [3.8, 4) is 5.75 Å². The summed E-state index contributed by atoms with van der Waals surface area (Å²) >= 11 is 0. The first kappa shape index (κ1) is 32.7. The number of hydrogen-bond acceptors (Lipinski definition) is 11. The first-order valence-corrected chi connectivity index (χ1v) is 13.6. The smallest absolute Gasteiger partial charge is 0.157 e. The van der Waals surface area contributed by atoms with Crippen LogP contribution in [0.4, 0.5) is 5.69 Å². The van der Waals surface area contributed by atoms with E-state index in [0.717, 1.165) is 19.4 Å². The van der Waals surface area contributed by atoms with Crippen molar-refractivity contribution >= 4 is 5.69 Å². The molecule has 11 heteroatoms. The fourth-order valence-electron chi connectivity index (χ4n) is 3.33. The molecule has 2 N–H and O–H groups in total. The molecule has 0 radical (unpaired) electrons. The van der Waals surface area contributed by atoms with Crippen LogP contribution in [-0.2, 0) is 42.6 Å². The molecule has 0 spiro atoms. The second kappa shape index (κ2) is 24.5. The van der Waals surface area contributed by atoms with Gasteiger partial charge in [-0.25, -0.2) is 0 Å². The number of rotatable bonds is 26. The average molecular weight is 546 g/mol. The molecule has 0 bridgehead atoms. The Bertz CT molecular complexity index is 648. The third-order valence-electron chi connectivity index (χ3n) is 5.31. The largest absolute Gasteiger partial charge is 0.489 e. The van der Waals surface area contributed by atoms with E-state index < -0.39 is 0 Å². The SMILES string of the molecule is Nc1ccccc1OCCOCCOCCOCCOCCOCCOCCOCCOC1CCCCO1. The highest BCUT2D eigenvalue weighted by Crippen LogP contribution is 2.19. The molecule has 0 saturated carbocycles. The van der Waals surface area contributed by atoms with Crippen molar-refractivity contribution in [3.63, 3.8) is 0 Å². The predicted molar refractivity (Wildman–Crippen MR) is 142 cm³/mol. The van der Waals surface area contributed by atoms with Crippen LogP contribution in [0.1, 0.15) is 19.3 Å². The van der Waals surface area contributed by atoms with E-state index >= 15 is 0 Å². The summed E-state index contributed by atoms with van der Waals surface area (Å²) < 4.78 is 54.9. The van der Waals surface area contributed by atoms with E-state index in [1.54, 1.807) is 6.07 Å². The summed E-state index contributed by atoms with van der Waals surface area (Å²) in [6, 6.07) is 7.39. The van der Waals surface area contributed by atoms with Crippen LogP contribution in [0.2, 0.25) is 0 Å². The molecule has 1 fully saturated rings. The van der Waals surface area contributed by atoms with Gasteiger partial charge in [0.15, 0.2) is 6.29 Å². The van der Waals surface area contributed by atoms with E-state index in [9.17, 15) is 0 Å². The predicted octanol–water partition coefficient (Wildman–Crippen LogP) is 2.31. The molecule has 1 heterocycles. The van der Waals surface area contributed by atoms with E-state index in [1.165, 1.54) is 6.42 Å². The maximum absolute atomic E-state index is 5.81. The highest BCUT2D eigenvalue weighted by molar-refractivity contribution is 5.51. The number of hydrogen-bond donors (Lipinski definition) is 1. The highest BCUT2D eigenvalue weighted by Gasteiger charge is 2.13. The number of para-hydroxylation sites is 2. The number of nitrogen functional groups attached to an aromatic ring is 1. The van der Waals surface area contributed by atoms with Gasteiger partial charge >= 0.3 is 0 Å². The molecule has 0 aromatic heterocycles. The van der Waals surface area contributed by atoms with E-state index in [0.29, 0.717) is 117 Å². The molecule has 2 rings (SSSR count). The summed E-state index contributed by atoms with van der Waals surface area (Å²) in [6.07, 6.45) is 3.20. The van der Waals surface area contributed by atoms with Crippen molar-refractivity contribution in [2.24, 2.45) is 0 Å². The zero-order chi connectivity index (χ0) is 26.8. The van der Waals surface area contributed by atoms with Gasteiger partial charge in [0.25, 0.3) is 0 Å². The summed E-state index contributed by atoms with van der Waals surface area (Å²) in [5.74, 6) is 0.673. The van der Waals surface area contributed by atoms with Gasteiger partial charge in [-0.05, 0) is 31.4 Å². The van der Waals surface area contributed by atoms with Crippen molar-refractivity contribution in [1.29, 1.82) is 0 Å². The molecule has 220 valence electrons. The van der Waals surface area contributed by atoms with Crippen molar-refractivity contribution in [3.05, 3.63) is 24.3 Å². The zero-order valence-corrected chi connectivity index (χ0v) is 22.7. The molecule has 38 heavy (non-hydrogen) atoms. The topological polar surface area (TPSA) is 118 Å². The van der Waals surface area contributed by atoms with Crippen molar-refractivity contribution in [2.45, 2.75) is 25.6 Å². The molecule has 0 aliphatic carbocycles. The van der Waals surface area contributed by atoms with Gasteiger partial charge in [0.1, 0.15) is 12.4 Å². The Labute approximate surface area is 227 Å². The molecule has 1 aromatic carbocycles. The quantitative estimate of drug-likeness (QED) is 0.136. The van der Waals surface area contributed by atoms with Crippen LogP contribution in [0.15, 0.2) is 24.3 Å². The fraction of sp³-hybridized carbons (Fsp3) is 0.778. The number of anilines is 1. The first-order chi connectivity index (χ1) is 18.9. The van der Waals surface area contributed by atoms with Gasteiger partial charge in [-0.3, -0.25) is 0 Å². The molecule has 1 aliphatic heterocycles. The fourth-order valence-corrected chi connectivity index (χ4v) is 3.33. The minimum atomic E-state index is -0.0625. The molecular formula is C27H47NO10. The molecule has 1 aromatic rings.